The third-order valence-corrected chi connectivity index (χ3v) is 7.47. The van der Waals surface area contributed by atoms with Crippen LogP contribution in [-0.2, 0) is 17.0 Å². The molecule has 2 aromatic carbocycles. The number of rotatable bonds is 5. The minimum atomic E-state index is -4.59. The van der Waals surface area contributed by atoms with Gasteiger partial charge in [0.2, 0.25) is 0 Å². The topological polar surface area (TPSA) is 60.9 Å². The first-order chi connectivity index (χ1) is 18.0. The summed E-state index contributed by atoms with van der Waals surface area (Å²) in [5.74, 6) is 1.00. The lowest BCUT2D eigenvalue weighted by Crippen LogP contribution is -2.05. The normalized spacial score (nSPS) is 16.5. The summed E-state index contributed by atoms with van der Waals surface area (Å²) >= 11 is 6.22. The SMILES string of the molecule is Cc1nc(C2=CCC(Cl)C=C2)c(-c2cc(-c3cccc(S(C)=O)c3)ccc2-n2cc(C(F)(F)F)nc2C)o1. The molecule has 196 valence electrons. The Balaban J connectivity index is 1.74. The van der Waals surface area contributed by atoms with E-state index in [2.05, 4.69) is 9.97 Å². The fraction of sp³-hybridized carbons (Fsp3) is 0.214. The molecule has 2 heterocycles. The molecular weight excluding hydrogens is 535 g/mol. The third-order valence-electron chi connectivity index (χ3n) is 6.23. The Morgan fingerprint density at radius 3 is 2.53 bits per heavy atom. The van der Waals surface area contributed by atoms with E-state index in [1.807, 2.05) is 48.6 Å². The van der Waals surface area contributed by atoms with Crippen molar-refractivity contribution in [1.82, 2.24) is 14.5 Å². The number of imidazole rings is 1. The molecule has 2 atom stereocenters. The van der Waals surface area contributed by atoms with Gasteiger partial charge >= 0.3 is 6.18 Å². The summed E-state index contributed by atoms with van der Waals surface area (Å²) in [6.45, 7) is 3.24. The summed E-state index contributed by atoms with van der Waals surface area (Å²) in [7, 11) is -1.18. The number of alkyl halides is 4. The fourth-order valence-electron chi connectivity index (χ4n) is 4.39. The van der Waals surface area contributed by atoms with E-state index in [9.17, 15) is 17.4 Å². The molecule has 0 fully saturated rings. The van der Waals surface area contributed by atoms with Crippen LogP contribution in [0.15, 0.2) is 76.2 Å². The molecule has 10 heteroatoms. The molecule has 0 radical (unpaired) electrons. The van der Waals surface area contributed by atoms with E-state index in [4.69, 9.17) is 16.0 Å². The van der Waals surface area contributed by atoms with Gasteiger partial charge in [-0.3, -0.25) is 4.21 Å². The van der Waals surface area contributed by atoms with Crippen molar-refractivity contribution in [2.45, 2.75) is 36.7 Å². The van der Waals surface area contributed by atoms with Crippen LogP contribution in [0.1, 0.15) is 29.5 Å². The minimum absolute atomic E-state index is 0.125. The number of aryl methyl sites for hydroxylation is 2. The number of nitrogens with zero attached hydrogens (tertiary/aromatic N) is 3. The smallest absolute Gasteiger partial charge is 0.434 e. The monoisotopic (exact) mass is 557 g/mol. The van der Waals surface area contributed by atoms with Crippen LogP contribution < -0.4 is 0 Å². The Labute approximate surface area is 225 Å². The summed E-state index contributed by atoms with van der Waals surface area (Å²) in [5, 5.41) is -0.125. The van der Waals surface area contributed by atoms with Crippen molar-refractivity contribution in [3.63, 3.8) is 0 Å². The average Bonchev–Trinajstić information content (AvgIpc) is 3.47. The van der Waals surface area contributed by atoms with Gasteiger partial charge in [0.15, 0.2) is 17.3 Å². The molecule has 2 aromatic heterocycles. The van der Waals surface area contributed by atoms with E-state index in [-0.39, 0.29) is 11.2 Å². The molecule has 4 aromatic rings. The van der Waals surface area contributed by atoms with Crippen LogP contribution in [0.2, 0.25) is 0 Å². The quantitative estimate of drug-likeness (QED) is 0.238. The number of aromatic nitrogens is 3. The van der Waals surface area contributed by atoms with E-state index in [0.717, 1.165) is 22.9 Å². The minimum Gasteiger partial charge on any atom is -0.440 e. The summed E-state index contributed by atoms with van der Waals surface area (Å²) in [6, 6.07) is 12.7. The molecule has 1 aliphatic rings. The third kappa shape index (κ3) is 5.13. The summed E-state index contributed by atoms with van der Waals surface area (Å²) < 4.78 is 60.1. The van der Waals surface area contributed by atoms with Gasteiger partial charge in [0.1, 0.15) is 11.5 Å². The summed E-state index contributed by atoms with van der Waals surface area (Å²) in [5.41, 5.74) is 2.98. The van der Waals surface area contributed by atoms with Crippen molar-refractivity contribution < 1.29 is 21.8 Å². The highest BCUT2D eigenvalue weighted by Gasteiger charge is 2.35. The molecule has 0 amide bonds. The molecule has 1 aliphatic carbocycles. The van der Waals surface area contributed by atoms with Crippen molar-refractivity contribution in [1.29, 1.82) is 0 Å². The van der Waals surface area contributed by atoms with Crippen LogP contribution in [0.4, 0.5) is 13.2 Å². The van der Waals surface area contributed by atoms with Crippen LogP contribution in [0.25, 0.3) is 33.7 Å². The van der Waals surface area contributed by atoms with Gasteiger partial charge in [0.05, 0.1) is 11.1 Å². The van der Waals surface area contributed by atoms with Gasteiger partial charge in [-0.1, -0.05) is 36.4 Å². The van der Waals surface area contributed by atoms with Crippen molar-refractivity contribution >= 4 is 28.0 Å². The summed E-state index contributed by atoms with van der Waals surface area (Å²) in [6.07, 6.45) is 4.32. The van der Waals surface area contributed by atoms with Gasteiger partial charge in [-0.05, 0) is 54.3 Å². The van der Waals surface area contributed by atoms with Crippen molar-refractivity contribution in [3.05, 3.63) is 90.0 Å². The van der Waals surface area contributed by atoms with Crippen LogP contribution in [0.3, 0.4) is 0 Å². The Morgan fingerprint density at radius 2 is 1.87 bits per heavy atom. The van der Waals surface area contributed by atoms with E-state index in [1.54, 1.807) is 25.3 Å². The van der Waals surface area contributed by atoms with Gasteiger partial charge in [0.25, 0.3) is 0 Å². The molecule has 0 saturated carbocycles. The first kappa shape index (κ1) is 26.2. The Morgan fingerprint density at radius 1 is 1.11 bits per heavy atom. The number of halogens is 4. The van der Waals surface area contributed by atoms with Gasteiger partial charge in [-0.2, -0.15) is 13.2 Å². The molecule has 0 spiro atoms. The Kier molecular flexibility index (Phi) is 6.92. The molecule has 0 saturated heterocycles. The van der Waals surface area contributed by atoms with E-state index >= 15 is 0 Å². The van der Waals surface area contributed by atoms with Crippen molar-refractivity contribution in [2.75, 3.05) is 6.26 Å². The number of hydrogen-bond acceptors (Lipinski definition) is 4. The maximum atomic E-state index is 13.5. The zero-order chi connectivity index (χ0) is 27.2. The van der Waals surface area contributed by atoms with Gasteiger partial charge in [-0.15, -0.1) is 11.6 Å². The highest BCUT2D eigenvalue weighted by atomic mass is 35.5. The second kappa shape index (κ2) is 10.0. The van der Waals surface area contributed by atoms with E-state index in [0.29, 0.717) is 39.9 Å². The number of allylic oxidation sites excluding steroid dienone is 4. The zero-order valence-electron chi connectivity index (χ0n) is 20.7. The molecule has 5 nitrogen and oxygen atoms in total. The van der Waals surface area contributed by atoms with Crippen LogP contribution in [0, 0.1) is 13.8 Å². The number of hydrogen-bond donors (Lipinski definition) is 0. The van der Waals surface area contributed by atoms with Crippen molar-refractivity contribution in [2.24, 2.45) is 0 Å². The second-order valence-electron chi connectivity index (χ2n) is 8.94. The Bertz CT molecular complexity index is 1620. The van der Waals surface area contributed by atoms with Crippen LogP contribution in [0.5, 0.6) is 0 Å². The molecule has 2 unspecified atom stereocenters. The van der Waals surface area contributed by atoms with Gasteiger partial charge in [0, 0.05) is 40.6 Å². The lowest BCUT2D eigenvalue weighted by molar-refractivity contribution is -0.141. The summed E-state index contributed by atoms with van der Waals surface area (Å²) in [4.78, 5) is 9.02. The molecule has 0 N–H and O–H groups in total. The van der Waals surface area contributed by atoms with E-state index in [1.165, 1.54) is 11.5 Å². The highest BCUT2D eigenvalue weighted by molar-refractivity contribution is 7.84. The molecule has 0 bridgehead atoms. The average molecular weight is 558 g/mol. The molecule has 38 heavy (non-hydrogen) atoms. The lowest BCUT2D eigenvalue weighted by atomic mass is 9.96. The molecule has 5 rings (SSSR count). The van der Waals surface area contributed by atoms with Crippen molar-refractivity contribution in [3.8, 4) is 28.1 Å². The Hall–Kier alpha value is -3.43. The first-order valence-corrected chi connectivity index (χ1v) is 13.7. The zero-order valence-corrected chi connectivity index (χ0v) is 22.3. The van der Waals surface area contributed by atoms with Gasteiger partial charge in [-0.25, -0.2) is 9.97 Å². The highest BCUT2D eigenvalue weighted by Crippen LogP contribution is 2.39. The second-order valence-corrected chi connectivity index (χ2v) is 10.9. The molecular formula is C28H23ClF3N3O2S. The fourth-order valence-corrected chi connectivity index (χ4v) is 5.12. The largest absolute Gasteiger partial charge is 0.440 e. The molecule has 0 aliphatic heterocycles. The first-order valence-electron chi connectivity index (χ1n) is 11.7. The number of oxazole rings is 1. The predicted octanol–water partition coefficient (Wildman–Crippen LogP) is 7.52. The van der Waals surface area contributed by atoms with E-state index < -0.39 is 22.7 Å². The van der Waals surface area contributed by atoms with Crippen LogP contribution in [-0.4, -0.2) is 30.4 Å². The maximum Gasteiger partial charge on any atom is 0.434 e. The van der Waals surface area contributed by atoms with Crippen LogP contribution >= 0.6 is 11.6 Å². The predicted molar refractivity (Wildman–Crippen MR) is 143 cm³/mol. The standard InChI is InChI=1S/C28H23ClF3N3O2S/c1-16-33-25(28(30,31)32)15-35(16)24-12-9-20(19-5-4-6-22(13-19)38(3)36)14-23(24)27-26(34-17(2)37-27)18-7-10-21(29)11-8-18/h4-10,12-15,21H,11H2,1-3H3. The number of benzene rings is 2. The lowest BCUT2D eigenvalue weighted by Gasteiger charge is -2.15. The van der Waals surface area contributed by atoms with Gasteiger partial charge < -0.3 is 8.98 Å². The maximum absolute atomic E-state index is 13.5.